The average molecular weight is 215 g/mol. The van der Waals surface area contributed by atoms with E-state index in [2.05, 4.69) is 0 Å². The molecular formula is C11H15ClO2. The second kappa shape index (κ2) is 5.76. The van der Waals surface area contributed by atoms with E-state index >= 15 is 0 Å². The standard InChI is InChI=1S/C11H15ClO2/c1-9(2)14-11-5-3-4-10(8-11)13-7-6-12/h3-5,8-9H,6-7H2,1-2H3. The molecule has 1 rings (SSSR count). The van der Waals surface area contributed by atoms with Crippen LogP contribution in [0.25, 0.3) is 0 Å². The van der Waals surface area contributed by atoms with Crippen LogP contribution in [0, 0.1) is 0 Å². The Hall–Kier alpha value is -0.890. The molecule has 0 saturated carbocycles. The zero-order valence-corrected chi connectivity index (χ0v) is 9.25. The fraction of sp³-hybridized carbons (Fsp3) is 0.455. The Balaban J connectivity index is 2.59. The monoisotopic (exact) mass is 214 g/mol. The van der Waals surface area contributed by atoms with Gasteiger partial charge in [-0.3, -0.25) is 0 Å². The molecule has 0 aromatic heterocycles. The third-order valence-electron chi connectivity index (χ3n) is 1.52. The van der Waals surface area contributed by atoms with E-state index in [4.69, 9.17) is 21.1 Å². The normalized spacial score (nSPS) is 10.3. The van der Waals surface area contributed by atoms with Crippen molar-refractivity contribution in [1.82, 2.24) is 0 Å². The SMILES string of the molecule is CC(C)Oc1cccc(OCCCl)c1. The number of hydrogen-bond donors (Lipinski definition) is 0. The van der Waals surface area contributed by atoms with Crippen LogP contribution in [0.3, 0.4) is 0 Å². The molecule has 0 amide bonds. The van der Waals surface area contributed by atoms with E-state index in [0.29, 0.717) is 12.5 Å². The lowest BCUT2D eigenvalue weighted by Gasteiger charge is -2.11. The van der Waals surface area contributed by atoms with Gasteiger partial charge in [-0.1, -0.05) is 6.07 Å². The molecule has 0 spiro atoms. The van der Waals surface area contributed by atoms with E-state index in [9.17, 15) is 0 Å². The molecule has 1 aromatic rings. The molecule has 78 valence electrons. The topological polar surface area (TPSA) is 18.5 Å². The van der Waals surface area contributed by atoms with Crippen molar-refractivity contribution in [2.45, 2.75) is 20.0 Å². The molecule has 0 saturated heterocycles. The number of halogens is 1. The first-order valence-corrected chi connectivity index (χ1v) is 5.21. The Bertz CT molecular complexity index is 274. The molecule has 0 bridgehead atoms. The molecule has 0 fully saturated rings. The van der Waals surface area contributed by atoms with Crippen LogP contribution in [0.5, 0.6) is 11.5 Å². The fourth-order valence-electron chi connectivity index (χ4n) is 1.07. The van der Waals surface area contributed by atoms with Crippen molar-refractivity contribution in [2.75, 3.05) is 12.5 Å². The number of hydrogen-bond acceptors (Lipinski definition) is 2. The van der Waals surface area contributed by atoms with Gasteiger partial charge in [0.15, 0.2) is 0 Å². The van der Waals surface area contributed by atoms with Crippen molar-refractivity contribution < 1.29 is 9.47 Å². The van der Waals surface area contributed by atoms with Crippen molar-refractivity contribution >= 4 is 11.6 Å². The van der Waals surface area contributed by atoms with Crippen LogP contribution in [-0.2, 0) is 0 Å². The van der Waals surface area contributed by atoms with Gasteiger partial charge in [0.05, 0.1) is 12.0 Å². The zero-order chi connectivity index (χ0) is 10.4. The van der Waals surface area contributed by atoms with Gasteiger partial charge in [0, 0.05) is 6.07 Å². The lowest BCUT2D eigenvalue weighted by atomic mass is 10.3. The molecule has 2 nitrogen and oxygen atoms in total. The van der Waals surface area contributed by atoms with Crippen LogP contribution in [0.2, 0.25) is 0 Å². The van der Waals surface area contributed by atoms with E-state index in [1.54, 1.807) is 0 Å². The van der Waals surface area contributed by atoms with Crippen LogP contribution in [0.1, 0.15) is 13.8 Å². The van der Waals surface area contributed by atoms with Gasteiger partial charge in [-0.2, -0.15) is 0 Å². The van der Waals surface area contributed by atoms with Gasteiger partial charge in [0.1, 0.15) is 18.1 Å². The van der Waals surface area contributed by atoms with Crippen LogP contribution in [0.15, 0.2) is 24.3 Å². The number of rotatable bonds is 5. The molecule has 14 heavy (non-hydrogen) atoms. The van der Waals surface area contributed by atoms with E-state index in [0.717, 1.165) is 11.5 Å². The minimum atomic E-state index is 0.179. The van der Waals surface area contributed by atoms with Crippen LogP contribution < -0.4 is 9.47 Å². The Labute approximate surface area is 89.8 Å². The van der Waals surface area contributed by atoms with Crippen LogP contribution in [0.4, 0.5) is 0 Å². The van der Waals surface area contributed by atoms with Crippen molar-refractivity contribution in [3.05, 3.63) is 24.3 Å². The third kappa shape index (κ3) is 3.88. The summed E-state index contributed by atoms with van der Waals surface area (Å²) in [5.74, 6) is 2.12. The van der Waals surface area contributed by atoms with Crippen LogP contribution >= 0.6 is 11.6 Å². The Morgan fingerprint density at radius 3 is 2.64 bits per heavy atom. The smallest absolute Gasteiger partial charge is 0.123 e. The second-order valence-electron chi connectivity index (χ2n) is 3.18. The quantitative estimate of drug-likeness (QED) is 0.702. The predicted octanol–water partition coefficient (Wildman–Crippen LogP) is 3.09. The number of alkyl halides is 1. The van der Waals surface area contributed by atoms with Crippen LogP contribution in [-0.4, -0.2) is 18.6 Å². The first-order valence-electron chi connectivity index (χ1n) is 4.68. The highest BCUT2D eigenvalue weighted by Gasteiger charge is 1.99. The van der Waals surface area contributed by atoms with Crippen molar-refractivity contribution in [3.8, 4) is 11.5 Å². The molecule has 0 unspecified atom stereocenters. The van der Waals surface area contributed by atoms with Crippen molar-refractivity contribution in [1.29, 1.82) is 0 Å². The summed E-state index contributed by atoms with van der Waals surface area (Å²) in [7, 11) is 0. The molecule has 3 heteroatoms. The maximum absolute atomic E-state index is 5.52. The fourth-order valence-corrected chi connectivity index (χ4v) is 1.14. The molecule has 0 aliphatic carbocycles. The number of ether oxygens (including phenoxy) is 2. The summed E-state index contributed by atoms with van der Waals surface area (Å²) in [4.78, 5) is 0. The zero-order valence-electron chi connectivity index (χ0n) is 8.50. The summed E-state index contributed by atoms with van der Waals surface area (Å²) in [5.41, 5.74) is 0. The summed E-state index contributed by atoms with van der Waals surface area (Å²) in [6, 6.07) is 7.57. The molecule has 1 aromatic carbocycles. The van der Waals surface area contributed by atoms with E-state index < -0.39 is 0 Å². The van der Waals surface area contributed by atoms with E-state index in [1.807, 2.05) is 38.1 Å². The van der Waals surface area contributed by atoms with Gasteiger partial charge in [-0.25, -0.2) is 0 Å². The van der Waals surface area contributed by atoms with E-state index in [1.165, 1.54) is 0 Å². The summed E-state index contributed by atoms with van der Waals surface area (Å²) in [5, 5.41) is 0. The number of benzene rings is 1. The summed E-state index contributed by atoms with van der Waals surface area (Å²) < 4.78 is 10.9. The maximum atomic E-state index is 5.52. The van der Waals surface area contributed by atoms with Gasteiger partial charge in [-0.05, 0) is 26.0 Å². The largest absolute Gasteiger partial charge is 0.492 e. The molecule has 0 radical (unpaired) electrons. The van der Waals surface area contributed by atoms with Crippen molar-refractivity contribution in [2.24, 2.45) is 0 Å². The van der Waals surface area contributed by atoms with E-state index in [-0.39, 0.29) is 6.10 Å². The first kappa shape index (κ1) is 11.2. The Morgan fingerprint density at radius 1 is 1.29 bits per heavy atom. The molecule has 0 aliphatic heterocycles. The molecule has 0 atom stereocenters. The highest BCUT2D eigenvalue weighted by molar-refractivity contribution is 6.17. The minimum Gasteiger partial charge on any atom is -0.492 e. The Kier molecular flexibility index (Phi) is 4.60. The molecule has 0 N–H and O–H groups in total. The lowest BCUT2D eigenvalue weighted by Crippen LogP contribution is -2.05. The molecular weight excluding hydrogens is 200 g/mol. The molecule has 0 heterocycles. The highest BCUT2D eigenvalue weighted by Crippen LogP contribution is 2.20. The Morgan fingerprint density at radius 2 is 2.00 bits per heavy atom. The van der Waals surface area contributed by atoms with Gasteiger partial charge >= 0.3 is 0 Å². The van der Waals surface area contributed by atoms with Gasteiger partial charge in [0.2, 0.25) is 0 Å². The van der Waals surface area contributed by atoms with Gasteiger partial charge in [-0.15, -0.1) is 11.6 Å². The third-order valence-corrected chi connectivity index (χ3v) is 1.68. The summed E-state index contributed by atoms with van der Waals surface area (Å²) >= 11 is 5.52. The van der Waals surface area contributed by atoms with Gasteiger partial charge in [0.25, 0.3) is 0 Å². The van der Waals surface area contributed by atoms with Gasteiger partial charge < -0.3 is 9.47 Å². The van der Waals surface area contributed by atoms with Crippen molar-refractivity contribution in [3.63, 3.8) is 0 Å². The highest BCUT2D eigenvalue weighted by atomic mass is 35.5. The average Bonchev–Trinajstić information content (AvgIpc) is 2.14. The lowest BCUT2D eigenvalue weighted by molar-refractivity contribution is 0.240. The first-order chi connectivity index (χ1) is 6.72. The predicted molar refractivity (Wildman–Crippen MR) is 58.4 cm³/mol. The molecule has 0 aliphatic rings. The summed E-state index contributed by atoms with van der Waals surface area (Å²) in [6.45, 7) is 4.51. The minimum absolute atomic E-state index is 0.179. The summed E-state index contributed by atoms with van der Waals surface area (Å²) in [6.07, 6.45) is 0.179. The second-order valence-corrected chi connectivity index (χ2v) is 3.56. The maximum Gasteiger partial charge on any atom is 0.123 e.